The van der Waals surface area contributed by atoms with E-state index < -0.39 is 0 Å². The third kappa shape index (κ3) is 6.46. The summed E-state index contributed by atoms with van der Waals surface area (Å²) < 4.78 is 9.03. The van der Waals surface area contributed by atoms with Crippen LogP contribution in [0.3, 0.4) is 0 Å². The minimum atomic E-state index is 0.857. The molecule has 0 amide bonds. The van der Waals surface area contributed by atoms with E-state index in [4.69, 9.17) is 4.42 Å². The molecule has 12 aromatic rings. The molecule has 0 saturated carbocycles. The molecule has 2 heterocycles. The first-order chi connectivity index (χ1) is 31.2. The molecule has 0 radical (unpaired) electrons. The lowest BCUT2D eigenvalue weighted by Crippen LogP contribution is -2.10. The van der Waals surface area contributed by atoms with Gasteiger partial charge in [-0.15, -0.1) is 0 Å². The number of furan rings is 1. The van der Waals surface area contributed by atoms with Crippen LogP contribution < -0.4 is 4.90 Å². The van der Waals surface area contributed by atoms with E-state index in [1.807, 2.05) is 12.1 Å². The van der Waals surface area contributed by atoms with Crippen LogP contribution in [-0.2, 0) is 0 Å². The van der Waals surface area contributed by atoms with Gasteiger partial charge in [0.1, 0.15) is 5.58 Å². The molecule has 0 aliphatic heterocycles. The topological polar surface area (TPSA) is 21.3 Å². The Morgan fingerprint density at radius 1 is 0.302 bits per heavy atom. The summed E-state index contributed by atoms with van der Waals surface area (Å²) in [7, 11) is 0. The number of hydrogen-bond donors (Lipinski definition) is 0. The normalized spacial score (nSPS) is 11.5. The van der Waals surface area contributed by atoms with Crippen molar-refractivity contribution in [2.24, 2.45) is 0 Å². The third-order valence-corrected chi connectivity index (χ3v) is 12.4. The zero-order valence-electron chi connectivity index (χ0n) is 34.4. The number of fused-ring (bicyclic) bond motifs is 6. The molecule has 10 aromatic carbocycles. The van der Waals surface area contributed by atoms with Gasteiger partial charge in [-0.05, 0) is 129 Å². The molecule has 12 rings (SSSR count). The molecule has 2 aromatic heterocycles. The summed E-state index contributed by atoms with van der Waals surface area (Å²) in [6, 6.07) is 87.0. The summed E-state index contributed by atoms with van der Waals surface area (Å²) in [6.45, 7) is 0. The fourth-order valence-corrected chi connectivity index (χ4v) is 9.34. The van der Waals surface area contributed by atoms with E-state index >= 15 is 0 Å². The van der Waals surface area contributed by atoms with Crippen molar-refractivity contribution in [3.8, 4) is 50.2 Å². The predicted octanol–water partition coefficient (Wildman–Crippen LogP) is 16.8. The fourth-order valence-electron chi connectivity index (χ4n) is 9.34. The van der Waals surface area contributed by atoms with Crippen molar-refractivity contribution in [3.63, 3.8) is 0 Å². The quantitative estimate of drug-likeness (QED) is 0.153. The van der Waals surface area contributed by atoms with Crippen LogP contribution in [0.25, 0.3) is 93.9 Å². The molecular formula is C60H40N2O. The van der Waals surface area contributed by atoms with E-state index in [2.05, 4.69) is 240 Å². The van der Waals surface area contributed by atoms with E-state index in [1.165, 1.54) is 55.2 Å². The summed E-state index contributed by atoms with van der Waals surface area (Å²) in [5.74, 6) is 0. The van der Waals surface area contributed by atoms with Crippen LogP contribution in [0.5, 0.6) is 0 Å². The first-order valence-corrected chi connectivity index (χ1v) is 21.5. The van der Waals surface area contributed by atoms with E-state index in [0.717, 1.165) is 55.8 Å². The van der Waals surface area contributed by atoms with Crippen molar-refractivity contribution in [1.29, 1.82) is 0 Å². The van der Waals surface area contributed by atoms with Gasteiger partial charge in [0.15, 0.2) is 5.58 Å². The van der Waals surface area contributed by atoms with Crippen molar-refractivity contribution < 1.29 is 4.42 Å². The van der Waals surface area contributed by atoms with Gasteiger partial charge in [-0.3, -0.25) is 0 Å². The van der Waals surface area contributed by atoms with Gasteiger partial charge in [0.25, 0.3) is 0 Å². The SMILES string of the molecule is c1ccc(-c2cc(-c3ccccc3)cc(-c3ccc(N(c4ccc(-c5ccc6c(c5)c5ccccc5n6-c5ccccc5)cc4)c4cccc5c4oc4ccccc45)cc3)c2)cc1. The van der Waals surface area contributed by atoms with Gasteiger partial charge >= 0.3 is 0 Å². The Balaban J connectivity index is 0.966. The van der Waals surface area contributed by atoms with Gasteiger partial charge in [-0.1, -0.05) is 158 Å². The molecular weight excluding hydrogens is 765 g/mol. The minimum Gasteiger partial charge on any atom is -0.454 e. The van der Waals surface area contributed by atoms with Crippen LogP contribution in [-0.4, -0.2) is 4.57 Å². The fraction of sp³-hybridized carbons (Fsp3) is 0. The smallest absolute Gasteiger partial charge is 0.159 e. The standard InChI is InChI=1S/C60H40N2O/c1-4-15-41(16-5-1)46-37-47(42-17-6-2-7-18-42)39-48(38-46)44-29-34-51(35-30-44)61(58-25-14-23-54-53-22-11-13-26-59(53)63-60(54)58)50-32-27-43(28-33-50)45-31-36-57-55(40-45)52-21-10-12-24-56(52)62(57)49-19-8-3-9-20-49/h1-40H. The van der Waals surface area contributed by atoms with E-state index in [-0.39, 0.29) is 0 Å². The monoisotopic (exact) mass is 804 g/mol. The lowest BCUT2D eigenvalue weighted by atomic mass is 9.93. The first-order valence-electron chi connectivity index (χ1n) is 21.5. The molecule has 3 heteroatoms. The maximum absolute atomic E-state index is 6.67. The molecule has 0 unspecified atom stereocenters. The minimum absolute atomic E-state index is 0.857. The Bertz CT molecular complexity index is 3530. The summed E-state index contributed by atoms with van der Waals surface area (Å²) in [5, 5.41) is 4.68. The highest BCUT2D eigenvalue weighted by Crippen LogP contribution is 2.44. The molecule has 0 spiro atoms. The molecule has 0 atom stereocenters. The lowest BCUT2D eigenvalue weighted by molar-refractivity contribution is 0.669. The van der Waals surface area contributed by atoms with Gasteiger partial charge in [-0.25, -0.2) is 0 Å². The first kappa shape index (κ1) is 36.5. The molecule has 296 valence electrons. The second-order valence-electron chi connectivity index (χ2n) is 16.1. The second kappa shape index (κ2) is 15.3. The number of nitrogens with zero attached hydrogens (tertiary/aromatic N) is 2. The van der Waals surface area contributed by atoms with Crippen LogP contribution in [0.4, 0.5) is 17.1 Å². The van der Waals surface area contributed by atoms with Crippen molar-refractivity contribution in [2.75, 3.05) is 4.90 Å². The average molecular weight is 805 g/mol. The number of rotatable bonds is 8. The van der Waals surface area contributed by atoms with Gasteiger partial charge in [0, 0.05) is 38.6 Å². The largest absolute Gasteiger partial charge is 0.454 e. The summed E-state index contributed by atoms with van der Waals surface area (Å²) in [4.78, 5) is 2.32. The van der Waals surface area contributed by atoms with E-state index in [0.29, 0.717) is 0 Å². The van der Waals surface area contributed by atoms with Crippen molar-refractivity contribution in [2.45, 2.75) is 0 Å². The van der Waals surface area contributed by atoms with Gasteiger partial charge < -0.3 is 13.9 Å². The molecule has 0 aliphatic rings. The number of hydrogen-bond acceptors (Lipinski definition) is 2. The molecule has 0 aliphatic carbocycles. The van der Waals surface area contributed by atoms with Gasteiger partial charge in [-0.2, -0.15) is 0 Å². The molecule has 3 nitrogen and oxygen atoms in total. The van der Waals surface area contributed by atoms with E-state index in [1.54, 1.807) is 0 Å². The van der Waals surface area contributed by atoms with Crippen molar-refractivity contribution in [3.05, 3.63) is 243 Å². The highest BCUT2D eigenvalue weighted by atomic mass is 16.3. The van der Waals surface area contributed by atoms with Gasteiger partial charge in [0.05, 0.1) is 16.7 Å². The number of anilines is 3. The zero-order chi connectivity index (χ0) is 41.7. The van der Waals surface area contributed by atoms with Gasteiger partial charge in [0.2, 0.25) is 0 Å². The molecule has 0 N–H and O–H groups in total. The van der Waals surface area contributed by atoms with Crippen LogP contribution >= 0.6 is 0 Å². The van der Waals surface area contributed by atoms with Crippen LogP contribution in [0.1, 0.15) is 0 Å². The summed E-state index contributed by atoms with van der Waals surface area (Å²) >= 11 is 0. The molecule has 0 bridgehead atoms. The average Bonchev–Trinajstić information content (AvgIpc) is 3.91. The zero-order valence-corrected chi connectivity index (χ0v) is 34.4. The number of aromatic nitrogens is 1. The Hall–Kier alpha value is -8.40. The summed E-state index contributed by atoms with van der Waals surface area (Å²) in [6.07, 6.45) is 0. The lowest BCUT2D eigenvalue weighted by Gasteiger charge is -2.26. The van der Waals surface area contributed by atoms with Crippen molar-refractivity contribution in [1.82, 2.24) is 4.57 Å². The Morgan fingerprint density at radius 2 is 0.778 bits per heavy atom. The predicted molar refractivity (Wildman–Crippen MR) is 264 cm³/mol. The highest BCUT2D eigenvalue weighted by Gasteiger charge is 2.20. The van der Waals surface area contributed by atoms with Crippen LogP contribution in [0.15, 0.2) is 247 Å². The Kier molecular flexibility index (Phi) is 8.83. The number of benzene rings is 10. The van der Waals surface area contributed by atoms with Crippen LogP contribution in [0, 0.1) is 0 Å². The maximum Gasteiger partial charge on any atom is 0.159 e. The summed E-state index contributed by atoms with van der Waals surface area (Å²) in [5.41, 5.74) is 17.8. The highest BCUT2D eigenvalue weighted by molar-refractivity contribution is 6.11. The van der Waals surface area contributed by atoms with Crippen molar-refractivity contribution >= 4 is 60.8 Å². The number of para-hydroxylation sites is 4. The van der Waals surface area contributed by atoms with Crippen LogP contribution in [0.2, 0.25) is 0 Å². The maximum atomic E-state index is 6.67. The molecule has 0 fully saturated rings. The molecule has 63 heavy (non-hydrogen) atoms. The Labute approximate surface area is 366 Å². The second-order valence-corrected chi connectivity index (χ2v) is 16.1. The van der Waals surface area contributed by atoms with E-state index in [9.17, 15) is 0 Å². The Morgan fingerprint density at radius 3 is 1.41 bits per heavy atom. The molecule has 0 saturated heterocycles. The third-order valence-electron chi connectivity index (χ3n) is 12.4.